The van der Waals surface area contributed by atoms with Gasteiger partial charge in [-0.3, -0.25) is 0 Å². The molecule has 0 radical (unpaired) electrons. The number of benzene rings is 2. The average molecular weight is 221 g/mol. The summed E-state index contributed by atoms with van der Waals surface area (Å²) in [6.45, 7) is 0. The number of nitrogens with two attached hydrogens (primary N) is 1. The second-order valence-corrected chi connectivity index (χ2v) is 4.00. The van der Waals surface area contributed by atoms with Crippen LogP contribution >= 0.6 is 0 Å². The van der Waals surface area contributed by atoms with E-state index in [-0.39, 0.29) is 6.04 Å². The molecule has 1 unspecified atom stereocenters. The first kappa shape index (κ1) is 11.4. The van der Waals surface area contributed by atoms with Gasteiger partial charge in [0.1, 0.15) is 0 Å². The Hall–Kier alpha value is -2.04. The lowest BCUT2D eigenvalue weighted by Crippen LogP contribution is -2.08. The van der Waals surface area contributed by atoms with Gasteiger partial charge in [0.15, 0.2) is 0 Å². The molecular formula is C16H15N. The maximum atomic E-state index is 5.95. The molecule has 0 aliphatic rings. The molecule has 2 N–H and O–H groups in total. The van der Waals surface area contributed by atoms with Crippen LogP contribution in [0.25, 0.3) is 11.1 Å². The molecule has 0 amide bonds. The number of terminal acetylenes is 1. The van der Waals surface area contributed by atoms with Crippen LogP contribution in [0.1, 0.15) is 18.0 Å². The molecule has 84 valence electrons. The summed E-state index contributed by atoms with van der Waals surface area (Å²) < 4.78 is 0. The Bertz CT molecular complexity index is 505. The zero-order chi connectivity index (χ0) is 12.1. The molecule has 0 aromatic heterocycles. The van der Waals surface area contributed by atoms with Crippen LogP contribution < -0.4 is 5.73 Å². The smallest absolute Gasteiger partial charge is 0.0405 e. The van der Waals surface area contributed by atoms with E-state index in [2.05, 4.69) is 30.2 Å². The van der Waals surface area contributed by atoms with Gasteiger partial charge in [-0.1, -0.05) is 54.6 Å². The van der Waals surface area contributed by atoms with Crippen LogP contribution in [0, 0.1) is 12.3 Å². The molecule has 0 spiro atoms. The van der Waals surface area contributed by atoms with Crippen molar-refractivity contribution in [3.8, 4) is 23.5 Å². The van der Waals surface area contributed by atoms with Crippen molar-refractivity contribution in [3.05, 3.63) is 60.2 Å². The Kier molecular flexibility index (Phi) is 3.59. The van der Waals surface area contributed by atoms with E-state index < -0.39 is 0 Å². The van der Waals surface area contributed by atoms with E-state index in [4.69, 9.17) is 12.2 Å². The Morgan fingerprint density at radius 2 is 1.53 bits per heavy atom. The van der Waals surface area contributed by atoms with Crippen molar-refractivity contribution in [2.24, 2.45) is 5.73 Å². The fourth-order valence-corrected chi connectivity index (χ4v) is 1.80. The number of hydrogen-bond acceptors (Lipinski definition) is 1. The third-order valence-corrected chi connectivity index (χ3v) is 2.78. The molecule has 2 aromatic rings. The molecule has 17 heavy (non-hydrogen) atoms. The largest absolute Gasteiger partial charge is 0.323 e. The van der Waals surface area contributed by atoms with Gasteiger partial charge in [-0.25, -0.2) is 0 Å². The average Bonchev–Trinajstić information content (AvgIpc) is 2.40. The fourth-order valence-electron chi connectivity index (χ4n) is 1.80. The van der Waals surface area contributed by atoms with Crippen LogP contribution in [0.4, 0.5) is 0 Å². The van der Waals surface area contributed by atoms with Crippen molar-refractivity contribution in [2.75, 3.05) is 0 Å². The summed E-state index contributed by atoms with van der Waals surface area (Å²) in [4.78, 5) is 0. The Morgan fingerprint density at radius 1 is 0.941 bits per heavy atom. The van der Waals surface area contributed by atoms with E-state index >= 15 is 0 Å². The van der Waals surface area contributed by atoms with Crippen LogP contribution in [-0.4, -0.2) is 0 Å². The Labute approximate surface area is 102 Å². The lowest BCUT2D eigenvalue weighted by atomic mass is 10.00. The van der Waals surface area contributed by atoms with Crippen LogP contribution in [0.2, 0.25) is 0 Å². The van der Waals surface area contributed by atoms with Gasteiger partial charge < -0.3 is 5.73 Å². The highest BCUT2D eigenvalue weighted by molar-refractivity contribution is 5.63. The highest BCUT2D eigenvalue weighted by Crippen LogP contribution is 2.21. The van der Waals surface area contributed by atoms with E-state index in [1.807, 2.05) is 30.3 Å². The third-order valence-electron chi connectivity index (χ3n) is 2.78. The highest BCUT2D eigenvalue weighted by Gasteiger charge is 2.04. The summed E-state index contributed by atoms with van der Waals surface area (Å²) in [5.41, 5.74) is 9.45. The van der Waals surface area contributed by atoms with Crippen molar-refractivity contribution in [1.29, 1.82) is 0 Å². The molecule has 0 saturated heterocycles. The second kappa shape index (κ2) is 5.34. The molecule has 2 rings (SSSR count). The Morgan fingerprint density at radius 3 is 2.12 bits per heavy atom. The van der Waals surface area contributed by atoms with Gasteiger partial charge in [0, 0.05) is 12.5 Å². The maximum absolute atomic E-state index is 5.95. The van der Waals surface area contributed by atoms with Crippen molar-refractivity contribution >= 4 is 0 Å². The minimum Gasteiger partial charge on any atom is -0.323 e. The molecule has 0 fully saturated rings. The molecule has 1 nitrogen and oxygen atoms in total. The van der Waals surface area contributed by atoms with Crippen molar-refractivity contribution in [1.82, 2.24) is 0 Å². The Balaban J connectivity index is 2.22. The maximum Gasteiger partial charge on any atom is 0.0405 e. The van der Waals surface area contributed by atoms with Crippen molar-refractivity contribution in [3.63, 3.8) is 0 Å². The van der Waals surface area contributed by atoms with Crippen LogP contribution in [0.3, 0.4) is 0 Å². The van der Waals surface area contributed by atoms with Gasteiger partial charge >= 0.3 is 0 Å². The minimum atomic E-state index is -0.0650. The van der Waals surface area contributed by atoms with Crippen LogP contribution in [-0.2, 0) is 0 Å². The van der Waals surface area contributed by atoms with Gasteiger partial charge in [-0.05, 0) is 16.7 Å². The standard InChI is InChI=1S/C16H15N/c1-2-6-16(17)15-11-9-14(10-12-15)13-7-4-3-5-8-13/h1,3-5,7-12,16H,6,17H2. The molecule has 0 aliphatic carbocycles. The monoisotopic (exact) mass is 221 g/mol. The van der Waals surface area contributed by atoms with E-state index in [9.17, 15) is 0 Å². The zero-order valence-electron chi connectivity index (χ0n) is 9.64. The number of rotatable bonds is 3. The summed E-state index contributed by atoms with van der Waals surface area (Å²) in [5, 5.41) is 0. The van der Waals surface area contributed by atoms with Gasteiger partial charge in [-0.15, -0.1) is 12.3 Å². The van der Waals surface area contributed by atoms with Crippen molar-refractivity contribution < 1.29 is 0 Å². The van der Waals surface area contributed by atoms with E-state index in [1.165, 1.54) is 11.1 Å². The van der Waals surface area contributed by atoms with Crippen molar-refractivity contribution in [2.45, 2.75) is 12.5 Å². The van der Waals surface area contributed by atoms with E-state index in [0.717, 1.165) is 5.56 Å². The van der Waals surface area contributed by atoms with Gasteiger partial charge in [0.2, 0.25) is 0 Å². The second-order valence-electron chi connectivity index (χ2n) is 4.00. The predicted octanol–water partition coefficient (Wildman–Crippen LogP) is 3.38. The third kappa shape index (κ3) is 2.75. The molecule has 0 bridgehead atoms. The normalized spacial score (nSPS) is 11.8. The zero-order valence-corrected chi connectivity index (χ0v) is 9.64. The predicted molar refractivity (Wildman–Crippen MR) is 72.3 cm³/mol. The SMILES string of the molecule is C#CCC(N)c1ccc(-c2ccccc2)cc1. The van der Waals surface area contributed by atoms with Gasteiger partial charge in [-0.2, -0.15) is 0 Å². The first-order valence-electron chi connectivity index (χ1n) is 5.65. The molecule has 0 aliphatic heterocycles. The van der Waals surface area contributed by atoms with Gasteiger partial charge in [0.05, 0.1) is 0 Å². The van der Waals surface area contributed by atoms with Crippen LogP contribution in [0.5, 0.6) is 0 Å². The first-order chi connectivity index (χ1) is 8.31. The lowest BCUT2D eigenvalue weighted by Gasteiger charge is -2.09. The first-order valence-corrected chi connectivity index (χ1v) is 5.65. The number of hydrogen-bond donors (Lipinski definition) is 1. The van der Waals surface area contributed by atoms with Crippen LogP contribution in [0.15, 0.2) is 54.6 Å². The van der Waals surface area contributed by atoms with E-state index in [0.29, 0.717) is 6.42 Å². The molecule has 0 saturated carbocycles. The summed E-state index contributed by atoms with van der Waals surface area (Å²) >= 11 is 0. The molecule has 0 heterocycles. The molecule has 1 heteroatoms. The fraction of sp³-hybridized carbons (Fsp3) is 0.125. The van der Waals surface area contributed by atoms with E-state index in [1.54, 1.807) is 0 Å². The highest BCUT2D eigenvalue weighted by atomic mass is 14.6. The quantitative estimate of drug-likeness (QED) is 0.790. The summed E-state index contributed by atoms with van der Waals surface area (Å²) in [6, 6.07) is 18.5. The van der Waals surface area contributed by atoms with Gasteiger partial charge in [0.25, 0.3) is 0 Å². The summed E-state index contributed by atoms with van der Waals surface area (Å²) in [6.07, 6.45) is 5.83. The molecular weight excluding hydrogens is 206 g/mol. The minimum absolute atomic E-state index is 0.0650. The summed E-state index contributed by atoms with van der Waals surface area (Å²) in [5.74, 6) is 2.59. The topological polar surface area (TPSA) is 26.0 Å². The lowest BCUT2D eigenvalue weighted by molar-refractivity contribution is 0.755. The summed E-state index contributed by atoms with van der Waals surface area (Å²) in [7, 11) is 0. The molecule has 1 atom stereocenters. The molecule has 2 aromatic carbocycles.